The molecule has 1 aromatic rings. The van der Waals surface area contributed by atoms with Crippen molar-refractivity contribution in [3.63, 3.8) is 0 Å². The average molecular weight is 274 g/mol. The number of nitrogens with zero attached hydrogens (tertiary/aromatic N) is 1. The Bertz CT molecular complexity index is 485. The predicted octanol–water partition coefficient (Wildman–Crippen LogP) is 1.07. The molecule has 0 aromatic heterocycles. The summed E-state index contributed by atoms with van der Waals surface area (Å²) >= 11 is 0. The van der Waals surface area contributed by atoms with Gasteiger partial charge in [0.15, 0.2) is 0 Å². The number of fused-ring (bicyclic) bond motifs is 1. The zero-order chi connectivity index (χ0) is 13.9. The molecule has 1 aromatic carbocycles. The second-order valence-corrected chi connectivity index (χ2v) is 5.75. The summed E-state index contributed by atoms with van der Waals surface area (Å²) in [5.41, 5.74) is 2.55. The highest BCUT2D eigenvalue weighted by atomic mass is 16.3. The van der Waals surface area contributed by atoms with E-state index in [1.807, 2.05) is 17.0 Å². The summed E-state index contributed by atoms with van der Waals surface area (Å²) in [5, 5.41) is 12.5. The van der Waals surface area contributed by atoms with E-state index in [4.69, 9.17) is 0 Å². The number of aliphatic hydroxyl groups is 1. The standard InChI is InChI=1S/C16H22N2O2/c19-9-8-18(14-6-3-7-14)16(20)15-10-12-4-1-2-5-13(12)11-17-15/h1-2,4-5,14-15,17,19H,3,6-11H2. The van der Waals surface area contributed by atoms with Gasteiger partial charge in [0.1, 0.15) is 0 Å². The minimum absolute atomic E-state index is 0.0472. The second-order valence-electron chi connectivity index (χ2n) is 5.75. The van der Waals surface area contributed by atoms with E-state index in [0.717, 1.165) is 25.8 Å². The molecule has 1 aliphatic heterocycles. The van der Waals surface area contributed by atoms with Crippen molar-refractivity contribution in [2.45, 2.75) is 44.3 Å². The molecule has 1 unspecified atom stereocenters. The monoisotopic (exact) mass is 274 g/mol. The number of nitrogens with one attached hydrogen (secondary N) is 1. The van der Waals surface area contributed by atoms with Gasteiger partial charge >= 0.3 is 0 Å². The van der Waals surface area contributed by atoms with E-state index in [1.165, 1.54) is 17.5 Å². The minimum atomic E-state index is -0.142. The summed E-state index contributed by atoms with van der Waals surface area (Å²) in [7, 11) is 0. The molecule has 4 heteroatoms. The molecule has 1 amide bonds. The SMILES string of the molecule is O=C(C1Cc2ccccc2CN1)N(CCO)C1CCC1. The van der Waals surface area contributed by atoms with Gasteiger partial charge in [0.25, 0.3) is 0 Å². The minimum Gasteiger partial charge on any atom is -0.395 e. The van der Waals surface area contributed by atoms with Crippen LogP contribution in [0.15, 0.2) is 24.3 Å². The first-order valence-electron chi connectivity index (χ1n) is 7.51. The molecule has 108 valence electrons. The highest BCUT2D eigenvalue weighted by molar-refractivity contribution is 5.83. The van der Waals surface area contributed by atoms with Gasteiger partial charge in [-0.3, -0.25) is 4.79 Å². The van der Waals surface area contributed by atoms with E-state index in [9.17, 15) is 9.90 Å². The van der Waals surface area contributed by atoms with Crippen LogP contribution in [0.4, 0.5) is 0 Å². The van der Waals surface area contributed by atoms with Crippen molar-refractivity contribution in [2.75, 3.05) is 13.2 Å². The smallest absolute Gasteiger partial charge is 0.240 e. The lowest BCUT2D eigenvalue weighted by Crippen LogP contribution is -2.54. The number of hydrogen-bond acceptors (Lipinski definition) is 3. The highest BCUT2D eigenvalue weighted by Crippen LogP contribution is 2.26. The van der Waals surface area contributed by atoms with Gasteiger partial charge in [-0.1, -0.05) is 24.3 Å². The maximum absolute atomic E-state index is 12.7. The average Bonchev–Trinajstić information content (AvgIpc) is 2.43. The molecule has 1 aliphatic carbocycles. The normalized spacial score (nSPS) is 21.9. The fourth-order valence-electron chi connectivity index (χ4n) is 3.11. The summed E-state index contributed by atoms with van der Waals surface area (Å²) < 4.78 is 0. The van der Waals surface area contributed by atoms with Gasteiger partial charge in [0.05, 0.1) is 12.6 Å². The van der Waals surface area contributed by atoms with E-state index < -0.39 is 0 Å². The van der Waals surface area contributed by atoms with Crippen molar-refractivity contribution in [3.8, 4) is 0 Å². The fourth-order valence-corrected chi connectivity index (χ4v) is 3.11. The first kappa shape index (κ1) is 13.6. The predicted molar refractivity (Wildman–Crippen MR) is 77.2 cm³/mol. The van der Waals surface area contributed by atoms with E-state index in [0.29, 0.717) is 12.6 Å². The van der Waals surface area contributed by atoms with E-state index in [1.54, 1.807) is 0 Å². The molecule has 0 saturated heterocycles. The van der Waals surface area contributed by atoms with Gasteiger partial charge < -0.3 is 15.3 Å². The van der Waals surface area contributed by atoms with Crippen LogP contribution in [-0.4, -0.2) is 41.1 Å². The lowest BCUT2D eigenvalue weighted by Gasteiger charge is -2.40. The third-order valence-corrected chi connectivity index (χ3v) is 4.52. The Kier molecular flexibility index (Phi) is 4.03. The Morgan fingerprint density at radius 3 is 2.70 bits per heavy atom. The van der Waals surface area contributed by atoms with Crippen LogP contribution in [-0.2, 0) is 17.8 Å². The van der Waals surface area contributed by atoms with Gasteiger partial charge in [-0.05, 0) is 36.8 Å². The molecule has 0 spiro atoms. The largest absolute Gasteiger partial charge is 0.395 e. The molecule has 0 bridgehead atoms. The molecule has 4 nitrogen and oxygen atoms in total. The van der Waals surface area contributed by atoms with Crippen molar-refractivity contribution in [2.24, 2.45) is 0 Å². The molecule has 2 aliphatic rings. The maximum Gasteiger partial charge on any atom is 0.240 e. The Hall–Kier alpha value is -1.39. The second kappa shape index (κ2) is 5.94. The maximum atomic E-state index is 12.7. The molecule has 1 atom stereocenters. The number of hydrogen-bond donors (Lipinski definition) is 2. The Morgan fingerprint density at radius 2 is 2.05 bits per heavy atom. The molecule has 1 saturated carbocycles. The van der Waals surface area contributed by atoms with E-state index in [-0.39, 0.29) is 18.6 Å². The quantitative estimate of drug-likeness (QED) is 0.863. The van der Waals surface area contributed by atoms with Gasteiger partial charge in [-0.15, -0.1) is 0 Å². The van der Waals surface area contributed by atoms with Crippen LogP contribution in [0.2, 0.25) is 0 Å². The van der Waals surface area contributed by atoms with Crippen molar-refractivity contribution in [1.82, 2.24) is 10.2 Å². The van der Waals surface area contributed by atoms with Crippen LogP contribution in [0.3, 0.4) is 0 Å². The summed E-state index contributed by atoms with van der Waals surface area (Å²) in [6.07, 6.45) is 4.11. The zero-order valence-electron chi connectivity index (χ0n) is 11.7. The van der Waals surface area contributed by atoms with Crippen molar-refractivity contribution >= 4 is 5.91 Å². The Balaban J connectivity index is 1.70. The number of amides is 1. The molecular weight excluding hydrogens is 252 g/mol. The fraction of sp³-hybridized carbons (Fsp3) is 0.562. The molecule has 0 radical (unpaired) electrons. The summed E-state index contributed by atoms with van der Waals surface area (Å²) in [5.74, 6) is 0.151. The van der Waals surface area contributed by atoms with Crippen LogP contribution in [0, 0.1) is 0 Å². The van der Waals surface area contributed by atoms with Crippen LogP contribution in [0.25, 0.3) is 0 Å². The summed E-state index contributed by atoms with van der Waals surface area (Å²) in [4.78, 5) is 14.6. The van der Waals surface area contributed by atoms with Crippen molar-refractivity contribution in [3.05, 3.63) is 35.4 Å². The van der Waals surface area contributed by atoms with Gasteiger partial charge in [-0.25, -0.2) is 0 Å². The number of rotatable bonds is 4. The van der Waals surface area contributed by atoms with E-state index in [2.05, 4.69) is 17.4 Å². The molecule has 20 heavy (non-hydrogen) atoms. The number of benzene rings is 1. The third-order valence-electron chi connectivity index (χ3n) is 4.52. The van der Waals surface area contributed by atoms with Crippen LogP contribution in [0.5, 0.6) is 0 Å². The summed E-state index contributed by atoms with van der Waals surface area (Å²) in [6.45, 7) is 1.26. The summed E-state index contributed by atoms with van der Waals surface area (Å²) in [6, 6.07) is 8.49. The van der Waals surface area contributed by atoms with Crippen LogP contribution < -0.4 is 5.32 Å². The molecular formula is C16H22N2O2. The molecule has 1 heterocycles. The zero-order valence-corrected chi connectivity index (χ0v) is 11.7. The molecule has 2 N–H and O–H groups in total. The van der Waals surface area contributed by atoms with Crippen molar-refractivity contribution in [1.29, 1.82) is 0 Å². The van der Waals surface area contributed by atoms with Gasteiger partial charge in [-0.2, -0.15) is 0 Å². The lowest BCUT2D eigenvalue weighted by atomic mass is 9.89. The third kappa shape index (κ3) is 2.58. The number of aliphatic hydroxyl groups excluding tert-OH is 1. The topological polar surface area (TPSA) is 52.6 Å². The van der Waals surface area contributed by atoms with Crippen molar-refractivity contribution < 1.29 is 9.90 Å². The molecule has 3 rings (SSSR count). The molecule has 1 fully saturated rings. The Morgan fingerprint density at radius 1 is 1.30 bits per heavy atom. The lowest BCUT2D eigenvalue weighted by molar-refractivity contribution is -0.138. The number of carbonyl (C=O) groups is 1. The highest BCUT2D eigenvalue weighted by Gasteiger charge is 2.33. The van der Waals surface area contributed by atoms with Gasteiger partial charge in [0.2, 0.25) is 5.91 Å². The van der Waals surface area contributed by atoms with Gasteiger partial charge in [0, 0.05) is 19.1 Å². The van der Waals surface area contributed by atoms with Crippen LogP contribution >= 0.6 is 0 Å². The van der Waals surface area contributed by atoms with Crippen LogP contribution in [0.1, 0.15) is 30.4 Å². The number of carbonyl (C=O) groups excluding carboxylic acids is 1. The van der Waals surface area contributed by atoms with E-state index >= 15 is 0 Å². The Labute approximate surface area is 119 Å². The first-order valence-corrected chi connectivity index (χ1v) is 7.51. The first-order chi connectivity index (χ1) is 9.79.